The molecule has 0 aliphatic heterocycles. The molecule has 1 aromatic rings. The topological polar surface area (TPSA) is 55.1 Å². The fraction of sp³-hybridized carbons (Fsp3) is 0.611. The zero-order valence-electron chi connectivity index (χ0n) is 13.5. The predicted molar refractivity (Wildman–Crippen MR) is 88.3 cm³/mol. The van der Waals surface area contributed by atoms with E-state index in [2.05, 4.69) is 32.2 Å². The van der Waals surface area contributed by atoms with Gasteiger partial charge in [-0.05, 0) is 49.1 Å². The minimum Gasteiger partial charge on any atom is -0.329 e. The minimum atomic E-state index is -0.378. The first-order valence-electron chi connectivity index (χ1n) is 8.09. The Morgan fingerprint density at radius 2 is 1.95 bits per heavy atom. The third-order valence-corrected chi connectivity index (χ3v) is 4.93. The first-order valence-corrected chi connectivity index (χ1v) is 8.09. The van der Waals surface area contributed by atoms with Crippen LogP contribution in [0.4, 0.5) is 5.69 Å². The molecule has 21 heavy (non-hydrogen) atoms. The summed E-state index contributed by atoms with van der Waals surface area (Å²) in [5.41, 5.74) is 7.71. The van der Waals surface area contributed by atoms with Crippen molar-refractivity contribution in [2.45, 2.75) is 52.4 Å². The zero-order chi connectivity index (χ0) is 15.5. The molecule has 1 fully saturated rings. The van der Waals surface area contributed by atoms with Gasteiger partial charge in [0.2, 0.25) is 5.91 Å². The number of nitrogens with one attached hydrogen (secondary N) is 1. The van der Waals surface area contributed by atoms with E-state index in [1.807, 2.05) is 18.2 Å². The second kappa shape index (κ2) is 6.61. The van der Waals surface area contributed by atoms with E-state index in [9.17, 15) is 4.79 Å². The summed E-state index contributed by atoms with van der Waals surface area (Å²) in [4.78, 5) is 12.8. The number of benzene rings is 1. The first-order chi connectivity index (χ1) is 9.98. The van der Waals surface area contributed by atoms with Gasteiger partial charge in [0.25, 0.3) is 0 Å². The molecule has 1 amide bonds. The number of anilines is 1. The van der Waals surface area contributed by atoms with Crippen molar-refractivity contribution >= 4 is 11.6 Å². The van der Waals surface area contributed by atoms with E-state index in [1.165, 1.54) is 5.56 Å². The number of hydrogen-bond acceptors (Lipinski definition) is 2. The smallest absolute Gasteiger partial charge is 0.231 e. The van der Waals surface area contributed by atoms with Gasteiger partial charge in [0.05, 0.1) is 5.41 Å². The molecule has 3 nitrogen and oxygen atoms in total. The SMILES string of the molecule is CC1CCC(CN)(C(=O)Nc2ccccc2C(C)C)CC1. The lowest BCUT2D eigenvalue weighted by Crippen LogP contribution is -2.45. The molecule has 1 aliphatic carbocycles. The second-order valence-electron chi connectivity index (χ2n) is 6.86. The molecule has 0 radical (unpaired) electrons. The fourth-order valence-corrected chi connectivity index (χ4v) is 3.21. The van der Waals surface area contributed by atoms with Gasteiger partial charge in [-0.2, -0.15) is 0 Å². The van der Waals surface area contributed by atoms with E-state index in [4.69, 9.17) is 5.73 Å². The highest BCUT2D eigenvalue weighted by Gasteiger charge is 2.40. The summed E-state index contributed by atoms with van der Waals surface area (Å²) in [6.07, 6.45) is 3.99. The maximum Gasteiger partial charge on any atom is 0.231 e. The highest BCUT2D eigenvalue weighted by atomic mass is 16.2. The minimum absolute atomic E-state index is 0.102. The van der Waals surface area contributed by atoms with Crippen molar-refractivity contribution < 1.29 is 4.79 Å². The Hall–Kier alpha value is -1.35. The number of amides is 1. The lowest BCUT2D eigenvalue weighted by Gasteiger charge is -2.37. The molecular formula is C18H28N2O. The molecule has 1 saturated carbocycles. The molecule has 116 valence electrons. The molecule has 1 aliphatic rings. The average molecular weight is 288 g/mol. The van der Waals surface area contributed by atoms with Gasteiger partial charge >= 0.3 is 0 Å². The third-order valence-electron chi connectivity index (χ3n) is 4.93. The van der Waals surface area contributed by atoms with Gasteiger partial charge in [-0.3, -0.25) is 4.79 Å². The van der Waals surface area contributed by atoms with E-state index in [0.717, 1.165) is 31.4 Å². The van der Waals surface area contributed by atoms with E-state index in [1.54, 1.807) is 0 Å². The van der Waals surface area contributed by atoms with Crippen LogP contribution in [0.1, 0.15) is 57.9 Å². The highest BCUT2D eigenvalue weighted by Crippen LogP contribution is 2.39. The van der Waals surface area contributed by atoms with Crippen LogP contribution in [0, 0.1) is 11.3 Å². The van der Waals surface area contributed by atoms with Gasteiger partial charge in [0, 0.05) is 12.2 Å². The Balaban J connectivity index is 2.17. The normalized spacial score (nSPS) is 25.9. The second-order valence-corrected chi connectivity index (χ2v) is 6.86. The molecule has 2 rings (SSSR count). The highest BCUT2D eigenvalue weighted by molar-refractivity contribution is 5.96. The fourth-order valence-electron chi connectivity index (χ4n) is 3.21. The summed E-state index contributed by atoms with van der Waals surface area (Å²) in [7, 11) is 0. The number of para-hydroxylation sites is 1. The van der Waals surface area contributed by atoms with Crippen LogP contribution in [0.5, 0.6) is 0 Å². The molecule has 0 atom stereocenters. The monoisotopic (exact) mass is 288 g/mol. The molecule has 1 aromatic carbocycles. The Morgan fingerprint density at radius 1 is 1.33 bits per heavy atom. The van der Waals surface area contributed by atoms with Gasteiger partial charge in [-0.25, -0.2) is 0 Å². The largest absolute Gasteiger partial charge is 0.329 e. The van der Waals surface area contributed by atoms with Gasteiger partial charge < -0.3 is 11.1 Å². The molecule has 0 spiro atoms. The summed E-state index contributed by atoms with van der Waals surface area (Å²) >= 11 is 0. The quantitative estimate of drug-likeness (QED) is 0.882. The lowest BCUT2D eigenvalue weighted by molar-refractivity contribution is -0.127. The van der Waals surface area contributed by atoms with Crippen LogP contribution >= 0.6 is 0 Å². The number of rotatable bonds is 4. The van der Waals surface area contributed by atoms with Crippen molar-refractivity contribution in [3.63, 3.8) is 0 Å². The summed E-state index contributed by atoms with van der Waals surface area (Å²) in [6, 6.07) is 8.06. The maximum atomic E-state index is 12.8. The third kappa shape index (κ3) is 3.46. The number of carbonyl (C=O) groups is 1. The predicted octanol–water partition coefficient (Wildman–Crippen LogP) is 3.90. The van der Waals surface area contributed by atoms with Crippen molar-refractivity contribution in [3.05, 3.63) is 29.8 Å². The Bertz CT molecular complexity index is 488. The van der Waals surface area contributed by atoms with Gasteiger partial charge in [-0.15, -0.1) is 0 Å². The van der Waals surface area contributed by atoms with Crippen molar-refractivity contribution in [3.8, 4) is 0 Å². The van der Waals surface area contributed by atoms with Crippen LogP contribution in [0.3, 0.4) is 0 Å². The number of nitrogens with two attached hydrogens (primary N) is 1. The van der Waals surface area contributed by atoms with Crippen LogP contribution in [-0.2, 0) is 4.79 Å². The van der Waals surface area contributed by atoms with Crippen LogP contribution in [0.25, 0.3) is 0 Å². The van der Waals surface area contributed by atoms with E-state index < -0.39 is 0 Å². The Kier molecular flexibility index (Phi) is 5.04. The maximum absolute atomic E-state index is 12.8. The van der Waals surface area contributed by atoms with Gasteiger partial charge in [0.1, 0.15) is 0 Å². The van der Waals surface area contributed by atoms with Gasteiger partial charge in [-0.1, -0.05) is 39.0 Å². The number of carbonyl (C=O) groups excluding carboxylic acids is 1. The molecule has 3 N–H and O–H groups in total. The van der Waals surface area contributed by atoms with E-state index in [-0.39, 0.29) is 11.3 Å². The summed E-state index contributed by atoms with van der Waals surface area (Å²) in [5.74, 6) is 1.20. The van der Waals surface area contributed by atoms with Gasteiger partial charge in [0.15, 0.2) is 0 Å². The molecule has 0 heterocycles. The standard InChI is InChI=1S/C18H28N2O/c1-13(2)15-6-4-5-7-16(15)20-17(21)18(12-19)10-8-14(3)9-11-18/h4-7,13-14H,8-12,19H2,1-3H3,(H,20,21). The first kappa shape index (κ1) is 16.0. The van der Waals surface area contributed by atoms with Crippen molar-refractivity contribution in [2.24, 2.45) is 17.1 Å². The van der Waals surface area contributed by atoms with Crippen molar-refractivity contribution in [2.75, 3.05) is 11.9 Å². The zero-order valence-corrected chi connectivity index (χ0v) is 13.5. The van der Waals surface area contributed by atoms with Crippen LogP contribution in [0.15, 0.2) is 24.3 Å². The van der Waals surface area contributed by atoms with Crippen molar-refractivity contribution in [1.29, 1.82) is 0 Å². The summed E-state index contributed by atoms with van der Waals surface area (Å²) < 4.78 is 0. The summed E-state index contributed by atoms with van der Waals surface area (Å²) in [6.45, 7) is 6.99. The Labute approximate surface area is 128 Å². The van der Waals surface area contributed by atoms with Crippen LogP contribution in [-0.4, -0.2) is 12.5 Å². The summed E-state index contributed by atoms with van der Waals surface area (Å²) in [5, 5.41) is 3.15. The Morgan fingerprint density at radius 3 is 2.52 bits per heavy atom. The van der Waals surface area contributed by atoms with Crippen molar-refractivity contribution in [1.82, 2.24) is 0 Å². The lowest BCUT2D eigenvalue weighted by atomic mass is 9.70. The van der Waals surface area contributed by atoms with E-state index >= 15 is 0 Å². The van der Waals surface area contributed by atoms with Crippen LogP contribution < -0.4 is 11.1 Å². The van der Waals surface area contributed by atoms with Crippen LogP contribution in [0.2, 0.25) is 0 Å². The molecule has 3 heteroatoms. The average Bonchev–Trinajstić information content (AvgIpc) is 2.48. The molecule has 0 unspecified atom stereocenters. The molecule has 0 aromatic heterocycles. The molecule has 0 saturated heterocycles. The molecule has 0 bridgehead atoms. The molecular weight excluding hydrogens is 260 g/mol. The number of hydrogen-bond donors (Lipinski definition) is 2. The van der Waals surface area contributed by atoms with E-state index in [0.29, 0.717) is 18.4 Å².